The molecule has 3 unspecified atom stereocenters. The largest absolute Gasteiger partial charge is 0.384 e. The maximum Gasteiger partial charge on any atom is 0.225 e. The summed E-state index contributed by atoms with van der Waals surface area (Å²) in [6.07, 6.45) is 2.20. The molecule has 4 heteroatoms. The minimum atomic E-state index is -0.0656. The highest BCUT2D eigenvalue weighted by molar-refractivity contribution is 5.78. The highest BCUT2D eigenvalue weighted by atomic mass is 16.5. The molecule has 1 rings (SSSR count). The van der Waals surface area contributed by atoms with Crippen molar-refractivity contribution in [2.24, 2.45) is 5.92 Å². The summed E-state index contributed by atoms with van der Waals surface area (Å²) in [6.45, 7) is 5.55. The molecule has 2 N–H and O–H groups in total. The van der Waals surface area contributed by atoms with Crippen molar-refractivity contribution in [3.8, 4) is 0 Å². The van der Waals surface area contributed by atoms with Gasteiger partial charge in [-0.25, -0.2) is 0 Å². The van der Waals surface area contributed by atoms with Gasteiger partial charge in [-0.2, -0.15) is 0 Å². The molecule has 15 heavy (non-hydrogen) atoms. The Morgan fingerprint density at radius 3 is 3.00 bits per heavy atom. The third kappa shape index (κ3) is 3.80. The van der Waals surface area contributed by atoms with Crippen molar-refractivity contribution in [3.63, 3.8) is 0 Å². The first-order chi connectivity index (χ1) is 7.15. The average Bonchev–Trinajstić information content (AvgIpc) is 2.21. The summed E-state index contributed by atoms with van der Waals surface area (Å²) < 4.78 is 4.96. The van der Waals surface area contributed by atoms with Gasteiger partial charge in [-0.15, -0.1) is 0 Å². The Hall–Kier alpha value is -0.610. The van der Waals surface area contributed by atoms with E-state index in [9.17, 15) is 4.79 Å². The number of ether oxygens (including phenoxy) is 1. The predicted octanol–water partition coefficient (Wildman–Crippen LogP) is 0.526. The molecule has 0 bridgehead atoms. The van der Waals surface area contributed by atoms with Gasteiger partial charge in [0, 0.05) is 19.2 Å². The van der Waals surface area contributed by atoms with Gasteiger partial charge >= 0.3 is 0 Å². The second kappa shape index (κ2) is 6.08. The standard InChI is InChI=1S/C11H22N2O2/c1-8(7-15-3)11(14)13-10-5-4-6-12-9(10)2/h8-10,12H,4-7H2,1-3H3,(H,13,14). The zero-order valence-corrected chi connectivity index (χ0v) is 9.88. The third-order valence-electron chi connectivity index (χ3n) is 2.95. The van der Waals surface area contributed by atoms with E-state index in [1.807, 2.05) is 6.92 Å². The number of hydrogen-bond donors (Lipinski definition) is 2. The van der Waals surface area contributed by atoms with Crippen molar-refractivity contribution in [1.82, 2.24) is 10.6 Å². The van der Waals surface area contributed by atoms with E-state index < -0.39 is 0 Å². The molecule has 1 aliphatic heterocycles. The van der Waals surface area contributed by atoms with Gasteiger partial charge in [0.1, 0.15) is 0 Å². The number of carbonyl (C=O) groups is 1. The summed E-state index contributed by atoms with van der Waals surface area (Å²) in [5, 5.41) is 6.43. The number of hydrogen-bond acceptors (Lipinski definition) is 3. The number of nitrogens with one attached hydrogen (secondary N) is 2. The molecule has 0 aromatic rings. The van der Waals surface area contributed by atoms with Gasteiger partial charge in [0.2, 0.25) is 5.91 Å². The lowest BCUT2D eigenvalue weighted by Crippen LogP contribution is -2.53. The van der Waals surface area contributed by atoms with Crippen LogP contribution in [0.1, 0.15) is 26.7 Å². The van der Waals surface area contributed by atoms with Crippen LogP contribution in [0.15, 0.2) is 0 Å². The molecule has 1 heterocycles. The monoisotopic (exact) mass is 214 g/mol. The fourth-order valence-electron chi connectivity index (χ4n) is 1.89. The van der Waals surface area contributed by atoms with E-state index in [-0.39, 0.29) is 17.9 Å². The van der Waals surface area contributed by atoms with Crippen molar-refractivity contribution in [2.75, 3.05) is 20.3 Å². The summed E-state index contributed by atoms with van der Waals surface area (Å²) >= 11 is 0. The molecule has 1 saturated heterocycles. The van der Waals surface area contributed by atoms with E-state index in [1.165, 1.54) is 0 Å². The fraction of sp³-hybridized carbons (Fsp3) is 0.909. The van der Waals surface area contributed by atoms with E-state index in [0.29, 0.717) is 12.6 Å². The smallest absolute Gasteiger partial charge is 0.225 e. The Labute approximate surface area is 91.8 Å². The van der Waals surface area contributed by atoms with Crippen LogP contribution in [-0.2, 0) is 9.53 Å². The number of methoxy groups -OCH3 is 1. The maximum atomic E-state index is 11.7. The first kappa shape index (κ1) is 12.5. The Morgan fingerprint density at radius 1 is 1.67 bits per heavy atom. The number of carbonyl (C=O) groups excluding carboxylic acids is 1. The number of rotatable bonds is 4. The number of amides is 1. The molecule has 0 saturated carbocycles. The van der Waals surface area contributed by atoms with E-state index in [0.717, 1.165) is 19.4 Å². The van der Waals surface area contributed by atoms with Gasteiger partial charge in [0.15, 0.2) is 0 Å². The first-order valence-corrected chi connectivity index (χ1v) is 5.68. The summed E-state index contributed by atoms with van der Waals surface area (Å²) in [4.78, 5) is 11.7. The van der Waals surface area contributed by atoms with Crippen molar-refractivity contribution in [1.29, 1.82) is 0 Å². The SMILES string of the molecule is COCC(C)C(=O)NC1CCCNC1C. The zero-order valence-electron chi connectivity index (χ0n) is 9.88. The molecule has 0 aromatic carbocycles. The Balaban J connectivity index is 2.35. The van der Waals surface area contributed by atoms with E-state index >= 15 is 0 Å². The molecule has 88 valence electrons. The average molecular weight is 214 g/mol. The van der Waals surface area contributed by atoms with Crippen LogP contribution < -0.4 is 10.6 Å². The zero-order chi connectivity index (χ0) is 11.3. The van der Waals surface area contributed by atoms with Crippen LogP contribution in [0.25, 0.3) is 0 Å². The van der Waals surface area contributed by atoms with Gasteiger partial charge in [0.25, 0.3) is 0 Å². The Kier molecular flexibility index (Phi) is 5.05. The molecule has 0 aliphatic carbocycles. The lowest BCUT2D eigenvalue weighted by molar-refractivity contribution is -0.127. The van der Waals surface area contributed by atoms with Crippen LogP contribution in [0.4, 0.5) is 0 Å². The lowest BCUT2D eigenvalue weighted by Gasteiger charge is -2.31. The van der Waals surface area contributed by atoms with Crippen LogP contribution in [0, 0.1) is 5.92 Å². The van der Waals surface area contributed by atoms with Crippen molar-refractivity contribution in [2.45, 2.75) is 38.8 Å². The van der Waals surface area contributed by atoms with Crippen LogP contribution in [0.2, 0.25) is 0 Å². The van der Waals surface area contributed by atoms with Crippen LogP contribution in [0.3, 0.4) is 0 Å². The van der Waals surface area contributed by atoms with E-state index in [4.69, 9.17) is 4.74 Å². The molecule has 0 radical (unpaired) electrons. The molecule has 0 spiro atoms. The normalized spacial score (nSPS) is 28.5. The van der Waals surface area contributed by atoms with Gasteiger partial charge in [0.05, 0.1) is 12.5 Å². The third-order valence-corrected chi connectivity index (χ3v) is 2.95. The second-order valence-electron chi connectivity index (χ2n) is 4.36. The molecule has 1 aliphatic rings. The highest BCUT2D eigenvalue weighted by Crippen LogP contribution is 2.09. The van der Waals surface area contributed by atoms with Crippen molar-refractivity contribution >= 4 is 5.91 Å². The molecule has 3 atom stereocenters. The summed E-state index contributed by atoms with van der Waals surface area (Å²) in [7, 11) is 1.62. The van der Waals surface area contributed by atoms with Gasteiger partial charge in [-0.3, -0.25) is 4.79 Å². The Bertz CT molecular complexity index is 209. The molecule has 1 amide bonds. The second-order valence-corrected chi connectivity index (χ2v) is 4.36. The molecular weight excluding hydrogens is 192 g/mol. The van der Waals surface area contributed by atoms with Crippen LogP contribution in [0.5, 0.6) is 0 Å². The van der Waals surface area contributed by atoms with Gasteiger partial charge in [-0.05, 0) is 26.3 Å². The molecule has 1 fully saturated rings. The first-order valence-electron chi connectivity index (χ1n) is 5.68. The topological polar surface area (TPSA) is 50.4 Å². The Morgan fingerprint density at radius 2 is 2.40 bits per heavy atom. The lowest BCUT2D eigenvalue weighted by atomic mass is 9.99. The summed E-state index contributed by atoms with van der Waals surface area (Å²) in [5.41, 5.74) is 0. The van der Waals surface area contributed by atoms with Crippen molar-refractivity contribution in [3.05, 3.63) is 0 Å². The van der Waals surface area contributed by atoms with Crippen molar-refractivity contribution < 1.29 is 9.53 Å². The van der Waals surface area contributed by atoms with Gasteiger partial charge < -0.3 is 15.4 Å². The minimum absolute atomic E-state index is 0.0656. The molecule has 4 nitrogen and oxygen atoms in total. The predicted molar refractivity (Wildman–Crippen MR) is 59.7 cm³/mol. The fourth-order valence-corrected chi connectivity index (χ4v) is 1.89. The van der Waals surface area contributed by atoms with Crippen LogP contribution in [-0.4, -0.2) is 38.3 Å². The van der Waals surface area contributed by atoms with Crippen LogP contribution >= 0.6 is 0 Å². The van der Waals surface area contributed by atoms with E-state index in [1.54, 1.807) is 7.11 Å². The number of piperidine rings is 1. The maximum absolute atomic E-state index is 11.7. The molecular formula is C11H22N2O2. The van der Waals surface area contributed by atoms with E-state index in [2.05, 4.69) is 17.6 Å². The summed E-state index contributed by atoms with van der Waals surface area (Å²) in [5.74, 6) is 0.0292. The minimum Gasteiger partial charge on any atom is -0.384 e. The quantitative estimate of drug-likeness (QED) is 0.717. The highest BCUT2D eigenvalue weighted by Gasteiger charge is 2.24. The summed E-state index contributed by atoms with van der Waals surface area (Å²) in [6, 6.07) is 0.642. The molecule has 0 aromatic heterocycles. The van der Waals surface area contributed by atoms with Gasteiger partial charge in [-0.1, -0.05) is 6.92 Å².